The molecule has 0 aliphatic rings. The van der Waals surface area contributed by atoms with E-state index in [2.05, 4.69) is 14.3 Å². The Morgan fingerprint density at radius 1 is 1.19 bits per heavy atom. The van der Waals surface area contributed by atoms with Crippen LogP contribution in [0.25, 0.3) is 0 Å². The molecule has 1 aromatic carbocycles. The summed E-state index contributed by atoms with van der Waals surface area (Å²) < 4.78 is 44.3. The number of aromatic nitrogens is 1. The van der Waals surface area contributed by atoms with E-state index in [1.807, 2.05) is 0 Å². The number of amides is 1. The van der Waals surface area contributed by atoms with Gasteiger partial charge in [0.1, 0.15) is 0 Å². The van der Waals surface area contributed by atoms with Crippen molar-refractivity contribution < 1.29 is 26.5 Å². The van der Waals surface area contributed by atoms with Crippen molar-refractivity contribution in [1.29, 1.82) is 0 Å². The van der Waals surface area contributed by atoms with Gasteiger partial charge >= 0.3 is 16.6 Å². The molecule has 1 amide bonds. The fraction of sp³-hybridized carbons (Fsp3) is 0.200. The second kappa shape index (κ2) is 10.3. The summed E-state index contributed by atoms with van der Waals surface area (Å²) >= 11 is 0. The number of carbonyl (C=O) groups excluding carboxylic acids is 1. The van der Waals surface area contributed by atoms with Crippen LogP contribution in [0, 0.1) is 0 Å². The fourth-order valence-electron chi connectivity index (χ4n) is 1.63. The van der Waals surface area contributed by atoms with E-state index in [0.29, 0.717) is 4.90 Å². The predicted molar refractivity (Wildman–Crippen MR) is 93.1 cm³/mol. The molecule has 140 valence electrons. The Labute approximate surface area is 152 Å². The van der Waals surface area contributed by atoms with E-state index in [0.717, 1.165) is 5.56 Å². The average Bonchev–Trinajstić information content (AvgIpc) is 2.61. The van der Waals surface area contributed by atoms with E-state index < -0.39 is 26.4 Å². The van der Waals surface area contributed by atoms with Crippen LogP contribution in [0.1, 0.15) is 5.56 Å². The van der Waals surface area contributed by atoms with E-state index in [1.165, 1.54) is 18.2 Å². The standard InChI is InChI=1S/C8H9N3O4S.C7H8O2S/c1-11(8(12)15-10-16(13)14)6-7-3-2-4-9-5-7;1-10(8,9)7-5-3-2-4-6-7/h2-5H,6H2,1H3;2-6H,1H3. The second-order valence-corrected chi connectivity index (χ2v) is 7.55. The third kappa shape index (κ3) is 8.35. The van der Waals surface area contributed by atoms with Crippen molar-refractivity contribution in [1.82, 2.24) is 9.88 Å². The van der Waals surface area contributed by atoms with Crippen molar-refractivity contribution in [2.45, 2.75) is 11.4 Å². The average molecular weight is 399 g/mol. The van der Waals surface area contributed by atoms with E-state index in [9.17, 15) is 21.6 Å². The first-order valence-corrected chi connectivity index (χ1v) is 9.99. The van der Waals surface area contributed by atoms with E-state index >= 15 is 0 Å². The molecule has 11 heteroatoms. The largest absolute Gasteiger partial charge is 0.436 e. The van der Waals surface area contributed by atoms with Crippen LogP contribution in [0.15, 0.2) is 64.3 Å². The summed E-state index contributed by atoms with van der Waals surface area (Å²) in [6, 6.07) is 11.9. The van der Waals surface area contributed by atoms with Gasteiger partial charge in [0, 0.05) is 25.7 Å². The number of carbonyl (C=O) groups is 1. The molecule has 0 aliphatic heterocycles. The molecule has 0 aliphatic carbocycles. The van der Waals surface area contributed by atoms with Crippen LogP contribution in [0.3, 0.4) is 0 Å². The molecule has 0 fully saturated rings. The first-order valence-electron chi connectivity index (χ1n) is 7.06. The molecule has 2 aromatic rings. The Bertz CT molecular complexity index is 937. The fourth-order valence-corrected chi connectivity index (χ4v) is 2.41. The normalized spacial score (nSPS) is 10.1. The number of benzene rings is 1. The van der Waals surface area contributed by atoms with E-state index in [4.69, 9.17) is 0 Å². The molecule has 26 heavy (non-hydrogen) atoms. The second-order valence-electron chi connectivity index (χ2n) is 4.95. The maximum absolute atomic E-state index is 11.2. The molecule has 9 nitrogen and oxygen atoms in total. The lowest BCUT2D eigenvalue weighted by atomic mass is 10.3. The minimum atomic E-state index is -3.00. The van der Waals surface area contributed by atoms with Crippen LogP contribution in [0.2, 0.25) is 0 Å². The monoisotopic (exact) mass is 399 g/mol. The predicted octanol–water partition coefficient (Wildman–Crippen LogP) is 1.72. The first kappa shape index (κ1) is 21.3. The maximum atomic E-state index is 11.2. The summed E-state index contributed by atoms with van der Waals surface area (Å²) in [5, 5.41) is 0. The third-order valence-corrected chi connectivity index (χ3v) is 4.13. The Morgan fingerprint density at radius 2 is 1.85 bits per heavy atom. The zero-order valence-corrected chi connectivity index (χ0v) is 15.6. The Balaban J connectivity index is 0.000000289. The molecule has 1 heterocycles. The number of pyridine rings is 1. The molecule has 0 radical (unpaired) electrons. The molecule has 0 saturated heterocycles. The zero-order valence-electron chi connectivity index (χ0n) is 14.0. The highest BCUT2D eigenvalue weighted by Gasteiger charge is 2.10. The lowest BCUT2D eigenvalue weighted by molar-refractivity contribution is 0.114. The Kier molecular flexibility index (Phi) is 8.38. The van der Waals surface area contributed by atoms with Crippen LogP contribution in [-0.4, -0.2) is 46.1 Å². The molecular formula is C15H17N3O6S2. The highest BCUT2D eigenvalue weighted by Crippen LogP contribution is 2.05. The van der Waals surface area contributed by atoms with Crippen LogP contribution in [0.5, 0.6) is 0 Å². The van der Waals surface area contributed by atoms with E-state index in [1.54, 1.807) is 54.9 Å². The van der Waals surface area contributed by atoms with Gasteiger partial charge in [0.05, 0.1) is 16.0 Å². The van der Waals surface area contributed by atoms with Crippen LogP contribution in [0.4, 0.5) is 4.79 Å². The van der Waals surface area contributed by atoms with Crippen molar-refractivity contribution in [2.75, 3.05) is 13.3 Å². The molecular weight excluding hydrogens is 382 g/mol. The van der Waals surface area contributed by atoms with E-state index in [-0.39, 0.29) is 6.54 Å². The molecule has 0 bridgehead atoms. The van der Waals surface area contributed by atoms with Crippen LogP contribution >= 0.6 is 0 Å². The molecule has 0 unspecified atom stereocenters. The van der Waals surface area contributed by atoms with Gasteiger partial charge in [-0.25, -0.2) is 13.2 Å². The van der Waals surface area contributed by atoms with Gasteiger partial charge in [-0.05, 0) is 23.8 Å². The number of hydrogen-bond donors (Lipinski definition) is 0. The van der Waals surface area contributed by atoms with Gasteiger partial charge in [-0.3, -0.25) is 9.82 Å². The summed E-state index contributed by atoms with van der Waals surface area (Å²) in [6.07, 6.45) is 3.54. The lowest BCUT2D eigenvalue weighted by Gasteiger charge is -2.13. The van der Waals surface area contributed by atoms with Crippen molar-refractivity contribution in [3.8, 4) is 0 Å². The van der Waals surface area contributed by atoms with Crippen molar-refractivity contribution >= 4 is 26.4 Å². The minimum absolute atomic E-state index is 0.258. The number of nitrogens with zero attached hydrogens (tertiary/aromatic N) is 3. The quantitative estimate of drug-likeness (QED) is 0.717. The van der Waals surface area contributed by atoms with Crippen LogP contribution < -0.4 is 0 Å². The van der Waals surface area contributed by atoms with Gasteiger partial charge in [0.25, 0.3) is 0 Å². The molecule has 0 saturated carbocycles. The molecule has 1 aromatic heterocycles. The summed E-state index contributed by atoms with van der Waals surface area (Å²) in [4.78, 5) is 20.7. The highest BCUT2D eigenvalue weighted by molar-refractivity contribution is 7.90. The van der Waals surface area contributed by atoms with Crippen LogP contribution in [-0.2, 0) is 31.7 Å². The smallest absolute Gasteiger partial charge is 0.305 e. The summed E-state index contributed by atoms with van der Waals surface area (Å²) in [7, 11) is -4.30. The topological polar surface area (TPSA) is 123 Å². The molecule has 2 rings (SSSR count). The number of sulfone groups is 1. The maximum Gasteiger partial charge on any atom is 0.436 e. The molecule has 0 spiro atoms. The highest BCUT2D eigenvalue weighted by atomic mass is 32.2. The van der Waals surface area contributed by atoms with Crippen molar-refractivity contribution in [3.05, 3.63) is 60.4 Å². The SMILES string of the molecule is CN(Cc1cccnc1)C(=O)ON=S(=O)=O.CS(=O)(=O)c1ccccc1. The van der Waals surface area contributed by atoms with Gasteiger partial charge < -0.3 is 4.90 Å². The van der Waals surface area contributed by atoms with Gasteiger partial charge in [-0.2, -0.15) is 8.42 Å². The zero-order chi connectivity index (χ0) is 19.6. The van der Waals surface area contributed by atoms with Gasteiger partial charge in [-0.15, -0.1) is 0 Å². The summed E-state index contributed by atoms with van der Waals surface area (Å²) in [5.41, 5.74) is 0.796. The summed E-state index contributed by atoms with van der Waals surface area (Å²) in [5.74, 6) is 0. The van der Waals surface area contributed by atoms with Crippen molar-refractivity contribution in [2.24, 2.45) is 4.53 Å². The number of rotatable bonds is 4. The number of hydrogen-bond acceptors (Lipinski definition) is 8. The van der Waals surface area contributed by atoms with Crippen molar-refractivity contribution in [3.63, 3.8) is 0 Å². The molecule has 0 N–H and O–H groups in total. The van der Waals surface area contributed by atoms with Gasteiger partial charge in [-0.1, -0.05) is 24.3 Å². The minimum Gasteiger partial charge on any atom is -0.305 e. The molecule has 0 atom stereocenters. The first-order chi connectivity index (χ1) is 12.2. The Morgan fingerprint density at radius 3 is 2.31 bits per heavy atom. The van der Waals surface area contributed by atoms with Gasteiger partial charge in [0.15, 0.2) is 9.84 Å². The van der Waals surface area contributed by atoms with Gasteiger partial charge in [0.2, 0.25) is 0 Å². The summed E-state index contributed by atoms with van der Waals surface area (Å²) in [6.45, 7) is 0.258. The lowest BCUT2D eigenvalue weighted by Crippen LogP contribution is -2.25. The Hall–Kier alpha value is -2.79. The third-order valence-electron chi connectivity index (χ3n) is 2.80.